The van der Waals surface area contributed by atoms with Gasteiger partial charge < -0.3 is 14.5 Å². The Kier molecular flexibility index (Phi) is 5.25. The molecule has 146 valence electrons. The van der Waals surface area contributed by atoms with Gasteiger partial charge in [0.25, 0.3) is 5.91 Å². The minimum atomic E-state index is -0.137. The van der Waals surface area contributed by atoms with E-state index in [0.29, 0.717) is 24.4 Å². The van der Waals surface area contributed by atoms with Crippen molar-refractivity contribution in [2.75, 3.05) is 13.2 Å². The van der Waals surface area contributed by atoms with E-state index in [4.69, 9.17) is 9.62 Å². The molecule has 1 aromatic carbocycles. The molecule has 1 amide bonds. The first-order valence-corrected chi connectivity index (χ1v) is 9.65. The number of aliphatic hydroxyl groups is 1. The molecular weight excluding hydrogens is 356 g/mol. The van der Waals surface area contributed by atoms with Gasteiger partial charge in [0.2, 0.25) is 0 Å². The summed E-state index contributed by atoms with van der Waals surface area (Å²) in [7, 11) is 0. The Balaban J connectivity index is 1.73. The quantitative estimate of drug-likeness (QED) is 0.735. The van der Waals surface area contributed by atoms with E-state index in [1.54, 1.807) is 4.68 Å². The molecule has 7 heteroatoms. The van der Waals surface area contributed by atoms with E-state index in [2.05, 4.69) is 5.16 Å². The van der Waals surface area contributed by atoms with Crippen molar-refractivity contribution in [3.63, 3.8) is 0 Å². The number of aromatic nitrogens is 3. The molecule has 1 aliphatic rings. The highest BCUT2D eigenvalue weighted by atomic mass is 16.5. The maximum atomic E-state index is 13.2. The molecule has 1 fully saturated rings. The fraction of sp³-hybridized carbons (Fsp3) is 0.381. The fourth-order valence-electron chi connectivity index (χ4n) is 3.79. The van der Waals surface area contributed by atoms with Crippen LogP contribution in [0.2, 0.25) is 0 Å². The van der Waals surface area contributed by atoms with Gasteiger partial charge in [-0.3, -0.25) is 9.48 Å². The van der Waals surface area contributed by atoms with Gasteiger partial charge in [-0.25, -0.2) is 0 Å². The highest BCUT2D eigenvalue weighted by Gasteiger charge is 2.33. The van der Waals surface area contributed by atoms with E-state index in [1.807, 2.05) is 54.4 Å². The lowest BCUT2D eigenvalue weighted by Gasteiger charge is -2.35. The van der Waals surface area contributed by atoms with E-state index in [0.717, 1.165) is 36.2 Å². The number of piperidine rings is 1. The molecule has 7 nitrogen and oxygen atoms in total. The summed E-state index contributed by atoms with van der Waals surface area (Å²) < 4.78 is 7.19. The number of carbonyl (C=O) groups excluding carboxylic acids is 1. The molecule has 0 spiro atoms. The lowest BCUT2D eigenvalue weighted by Crippen LogP contribution is -2.39. The van der Waals surface area contributed by atoms with Gasteiger partial charge in [0.1, 0.15) is 0 Å². The van der Waals surface area contributed by atoms with Gasteiger partial charge in [-0.05, 0) is 38.3 Å². The van der Waals surface area contributed by atoms with Crippen LogP contribution < -0.4 is 0 Å². The number of rotatable bonds is 5. The molecule has 4 rings (SSSR count). The first-order valence-electron chi connectivity index (χ1n) is 9.65. The van der Waals surface area contributed by atoms with Gasteiger partial charge in [-0.1, -0.05) is 23.4 Å². The van der Waals surface area contributed by atoms with Crippen molar-refractivity contribution < 1.29 is 14.4 Å². The van der Waals surface area contributed by atoms with Crippen LogP contribution in [-0.2, 0) is 6.54 Å². The molecule has 3 heterocycles. The zero-order chi connectivity index (χ0) is 19.5. The second-order valence-corrected chi connectivity index (χ2v) is 7.12. The third kappa shape index (κ3) is 3.57. The van der Waals surface area contributed by atoms with Crippen molar-refractivity contribution >= 4 is 5.91 Å². The summed E-state index contributed by atoms with van der Waals surface area (Å²) in [6, 6.07) is 11.1. The highest BCUT2D eigenvalue weighted by molar-refractivity contribution is 5.94. The van der Waals surface area contributed by atoms with Crippen molar-refractivity contribution in [3.8, 4) is 11.3 Å². The largest absolute Gasteiger partial charge is 0.394 e. The second-order valence-electron chi connectivity index (χ2n) is 7.12. The second kappa shape index (κ2) is 7.98. The van der Waals surface area contributed by atoms with Crippen molar-refractivity contribution in [1.82, 2.24) is 19.8 Å². The maximum absolute atomic E-state index is 13.2. The predicted molar refractivity (Wildman–Crippen MR) is 104 cm³/mol. The molecule has 0 saturated carbocycles. The van der Waals surface area contributed by atoms with Crippen LogP contribution in [0.15, 0.2) is 47.1 Å². The van der Waals surface area contributed by atoms with Gasteiger partial charge in [0.05, 0.1) is 36.1 Å². The van der Waals surface area contributed by atoms with Gasteiger partial charge in [-0.15, -0.1) is 0 Å². The zero-order valence-electron chi connectivity index (χ0n) is 15.9. The maximum Gasteiger partial charge on any atom is 0.254 e. The summed E-state index contributed by atoms with van der Waals surface area (Å²) in [5.74, 6) is 0.649. The van der Waals surface area contributed by atoms with Crippen LogP contribution in [0.3, 0.4) is 0 Å². The molecule has 0 radical (unpaired) electrons. The molecule has 1 saturated heterocycles. The van der Waals surface area contributed by atoms with Gasteiger partial charge >= 0.3 is 0 Å². The predicted octanol–water partition coefficient (Wildman–Crippen LogP) is 3.21. The number of nitrogens with zero attached hydrogens (tertiary/aromatic N) is 4. The summed E-state index contributed by atoms with van der Waals surface area (Å²) in [6.07, 6.45) is 4.72. The fourth-order valence-corrected chi connectivity index (χ4v) is 3.79. The van der Waals surface area contributed by atoms with Crippen molar-refractivity contribution in [2.45, 2.75) is 38.8 Å². The van der Waals surface area contributed by atoms with Crippen LogP contribution in [0.5, 0.6) is 0 Å². The summed E-state index contributed by atoms with van der Waals surface area (Å²) in [6.45, 7) is 2.95. The summed E-state index contributed by atoms with van der Waals surface area (Å²) in [5, 5.41) is 18.0. The molecule has 3 aromatic rings. The number of likely N-dealkylation sites (tertiary alicyclic amines) is 1. The number of benzene rings is 1. The summed E-state index contributed by atoms with van der Waals surface area (Å²) in [5.41, 5.74) is 3.10. The van der Waals surface area contributed by atoms with Crippen LogP contribution in [0.4, 0.5) is 0 Å². The van der Waals surface area contributed by atoms with Gasteiger partial charge in [0, 0.05) is 24.4 Å². The zero-order valence-corrected chi connectivity index (χ0v) is 15.9. The van der Waals surface area contributed by atoms with Crippen molar-refractivity contribution in [1.29, 1.82) is 0 Å². The number of amides is 1. The summed E-state index contributed by atoms with van der Waals surface area (Å²) in [4.78, 5) is 15.1. The van der Waals surface area contributed by atoms with Crippen LogP contribution in [0, 0.1) is 6.92 Å². The first-order chi connectivity index (χ1) is 13.7. The summed E-state index contributed by atoms with van der Waals surface area (Å²) >= 11 is 0. The molecule has 2 aromatic heterocycles. The molecule has 28 heavy (non-hydrogen) atoms. The number of hydrogen-bond donors (Lipinski definition) is 1. The van der Waals surface area contributed by atoms with E-state index >= 15 is 0 Å². The van der Waals surface area contributed by atoms with Gasteiger partial charge in [0.15, 0.2) is 5.76 Å². The van der Waals surface area contributed by atoms with Crippen LogP contribution >= 0.6 is 0 Å². The Morgan fingerprint density at radius 1 is 1.29 bits per heavy atom. The van der Waals surface area contributed by atoms with E-state index < -0.39 is 0 Å². The Hall–Kier alpha value is -2.93. The number of aryl methyl sites for hydroxylation is 1. The molecule has 1 N–H and O–H groups in total. The Morgan fingerprint density at radius 2 is 2.11 bits per heavy atom. The number of aliphatic hydroxyl groups excluding tert-OH is 1. The van der Waals surface area contributed by atoms with E-state index in [1.165, 1.54) is 0 Å². The Labute approximate surface area is 163 Å². The Morgan fingerprint density at radius 3 is 2.82 bits per heavy atom. The lowest BCUT2D eigenvalue weighted by molar-refractivity contribution is 0.0605. The smallest absolute Gasteiger partial charge is 0.254 e. The molecule has 1 atom stereocenters. The van der Waals surface area contributed by atoms with E-state index in [-0.39, 0.29) is 18.6 Å². The van der Waals surface area contributed by atoms with E-state index in [9.17, 15) is 9.90 Å². The lowest BCUT2D eigenvalue weighted by atomic mass is 9.95. The number of carbonyl (C=O) groups is 1. The monoisotopic (exact) mass is 380 g/mol. The molecule has 1 aliphatic heterocycles. The van der Waals surface area contributed by atoms with Crippen LogP contribution in [-0.4, -0.2) is 44.0 Å². The van der Waals surface area contributed by atoms with Gasteiger partial charge in [-0.2, -0.15) is 5.10 Å². The van der Waals surface area contributed by atoms with Crippen LogP contribution in [0.25, 0.3) is 11.3 Å². The molecule has 0 bridgehead atoms. The molecular formula is C21H24N4O3. The van der Waals surface area contributed by atoms with Crippen molar-refractivity contribution in [3.05, 3.63) is 59.5 Å². The topological polar surface area (TPSA) is 84.4 Å². The van der Waals surface area contributed by atoms with Crippen LogP contribution in [0.1, 0.15) is 47.1 Å². The normalized spacial score (nSPS) is 17.1. The number of hydrogen-bond acceptors (Lipinski definition) is 5. The highest BCUT2D eigenvalue weighted by Crippen LogP contribution is 2.37. The minimum Gasteiger partial charge on any atom is -0.394 e. The average Bonchev–Trinajstić information content (AvgIpc) is 3.34. The van der Waals surface area contributed by atoms with Crippen molar-refractivity contribution in [2.24, 2.45) is 0 Å². The SMILES string of the molecule is Cc1cc(-c2cn(CCO)nc2[C@H]2CCCCN2C(=O)c2ccccc2)on1. The average molecular weight is 380 g/mol. The third-order valence-corrected chi connectivity index (χ3v) is 5.11. The minimum absolute atomic E-state index is 0.00663. The molecule has 0 aliphatic carbocycles. The molecule has 0 unspecified atom stereocenters. The Bertz CT molecular complexity index is 948. The first kappa shape index (κ1) is 18.4. The standard InChI is InChI=1S/C21H24N4O3/c1-15-13-19(28-23-15)17-14-24(11-12-26)22-20(17)18-9-5-6-10-25(18)21(27)16-7-3-2-4-8-16/h2-4,7-8,13-14,18,26H,5-6,9-12H2,1H3/t18-/m1/s1. The third-order valence-electron chi connectivity index (χ3n) is 5.11.